The number of para-hydroxylation sites is 1. The number of thioether (sulfide) groups is 1. The summed E-state index contributed by atoms with van der Waals surface area (Å²) in [6.45, 7) is 6.28. The highest BCUT2D eigenvalue weighted by Gasteiger charge is 2.43. The Kier molecular flexibility index (Phi) is 5.49. The molecule has 2 aliphatic rings. The number of hydrogen-bond donors (Lipinski definition) is 2. The lowest BCUT2D eigenvalue weighted by atomic mass is 9.69. The fourth-order valence-electron chi connectivity index (χ4n) is 4.38. The third-order valence-electron chi connectivity index (χ3n) is 5.59. The first-order chi connectivity index (χ1) is 14.3. The molecule has 1 atom stereocenters. The van der Waals surface area contributed by atoms with Gasteiger partial charge >= 0.3 is 0 Å². The van der Waals surface area contributed by atoms with Gasteiger partial charge in [0.25, 0.3) is 5.56 Å². The number of aromatic nitrogens is 2. The van der Waals surface area contributed by atoms with Crippen molar-refractivity contribution in [1.82, 2.24) is 9.97 Å². The Morgan fingerprint density at radius 1 is 1.23 bits per heavy atom. The molecule has 0 amide bonds. The molecule has 2 N–H and O–H groups in total. The molecule has 30 heavy (non-hydrogen) atoms. The van der Waals surface area contributed by atoms with Crippen LogP contribution in [0.25, 0.3) is 0 Å². The number of nitrogens with zero attached hydrogens (tertiary/aromatic N) is 1. The van der Waals surface area contributed by atoms with E-state index < -0.39 is 5.92 Å². The molecule has 1 unspecified atom stereocenters. The maximum absolute atomic E-state index is 13.3. The molecule has 0 fully saturated rings. The van der Waals surface area contributed by atoms with Crippen molar-refractivity contribution in [1.29, 1.82) is 0 Å². The number of carbonyl (C=O) groups excluding carboxylic acids is 1. The summed E-state index contributed by atoms with van der Waals surface area (Å²) >= 11 is 1.53. The van der Waals surface area contributed by atoms with Crippen LogP contribution >= 0.6 is 11.8 Å². The fraction of sp³-hybridized carbons (Fsp3) is 0.435. The van der Waals surface area contributed by atoms with Crippen LogP contribution in [0.4, 0.5) is 5.82 Å². The summed E-state index contributed by atoms with van der Waals surface area (Å²) in [4.78, 5) is 34.1. The summed E-state index contributed by atoms with van der Waals surface area (Å²) in [6, 6.07) is 7.58. The largest absolute Gasteiger partial charge is 0.496 e. The summed E-state index contributed by atoms with van der Waals surface area (Å²) in [7, 11) is 1.61. The third kappa shape index (κ3) is 3.67. The highest BCUT2D eigenvalue weighted by Crippen LogP contribution is 2.49. The summed E-state index contributed by atoms with van der Waals surface area (Å²) in [5, 5.41) is 3.95. The summed E-state index contributed by atoms with van der Waals surface area (Å²) in [5.41, 5.74) is 2.45. The van der Waals surface area contributed by atoms with E-state index in [1.54, 1.807) is 7.11 Å². The number of aromatic amines is 1. The highest BCUT2D eigenvalue weighted by molar-refractivity contribution is 7.99. The van der Waals surface area contributed by atoms with Crippen LogP contribution in [0.2, 0.25) is 0 Å². The van der Waals surface area contributed by atoms with Gasteiger partial charge in [0.05, 0.1) is 18.6 Å². The molecule has 0 spiro atoms. The van der Waals surface area contributed by atoms with Crippen molar-refractivity contribution in [2.45, 2.75) is 51.1 Å². The normalized spacial score (nSPS) is 19.7. The van der Waals surface area contributed by atoms with Gasteiger partial charge in [-0.1, -0.05) is 50.7 Å². The second-order valence-electron chi connectivity index (χ2n) is 8.61. The van der Waals surface area contributed by atoms with E-state index in [-0.39, 0.29) is 16.8 Å². The molecule has 158 valence electrons. The molecular formula is C23H27N3O3S. The molecule has 2 heterocycles. The number of ketones is 1. The maximum Gasteiger partial charge on any atom is 0.257 e. The fourth-order valence-corrected chi connectivity index (χ4v) is 5.09. The lowest BCUT2D eigenvalue weighted by Gasteiger charge is -2.38. The van der Waals surface area contributed by atoms with E-state index in [1.165, 1.54) is 11.8 Å². The van der Waals surface area contributed by atoms with Gasteiger partial charge < -0.3 is 15.0 Å². The quantitative estimate of drug-likeness (QED) is 0.543. The van der Waals surface area contributed by atoms with E-state index in [9.17, 15) is 9.59 Å². The number of allylic oxidation sites excluding steroid dienone is 2. The predicted molar refractivity (Wildman–Crippen MR) is 119 cm³/mol. The zero-order valence-corrected chi connectivity index (χ0v) is 18.6. The smallest absolute Gasteiger partial charge is 0.257 e. The van der Waals surface area contributed by atoms with E-state index in [0.717, 1.165) is 29.9 Å². The predicted octanol–water partition coefficient (Wildman–Crippen LogP) is 4.48. The number of ether oxygens (including phenoxy) is 1. The van der Waals surface area contributed by atoms with Crippen LogP contribution in [-0.4, -0.2) is 28.6 Å². The minimum atomic E-state index is -0.502. The third-order valence-corrected chi connectivity index (χ3v) is 6.67. The minimum Gasteiger partial charge on any atom is -0.496 e. The van der Waals surface area contributed by atoms with Crippen molar-refractivity contribution >= 4 is 23.4 Å². The van der Waals surface area contributed by atoms with Gasteiger partial charge in [-0.25, -0.2) is 4.98 Å². The van der Waals surface area contributed by atoms with Crippen LogP contribution in [0.3, 0.4) is 0 Å². The number of methoxy groups -OCH3 is 1. The Morgan fingerprint density at radius 3 is 2.73 bits per heavy atom. The van der Waals surface area contributed by atoms with Gasteiger partial charge in [0.15, 0.2) is 10.9 Å². The number of carbonyl (C=O) groups is 1. The zero-order chi connectivity index (χ0) is 21.5. The average Bonchev–Trinajstić information content (AvgIpc) is 2.69. The van der Waals surface area contributed by atoms with Crippen molar-refractivity contribution in [3.8, 4) is 5.75 Å². The topological polar surface area (TPSA) is 84.1 Å². The van der Waals surface area contributed by atoms with Crippen LogP contribution in [0.5, 0.6) is 5.75 Å². The Morgan fingerprint density at radius 2 is 2.00 bits per heavy atom. The first kappa shape index (κ1) is 20.7. The van der Waals surface area contributed by atoms with Gasteiger partial charge in [-0.15, -0.1) is 0 Å². The molecular weight excluding hydrogens is 398 g/mol. The van der Waals surface area contributed by atoms with Gasteiger partial charge in [-0.3, -0.25) is 9.59 Å². The minimum absolute atomic E-state index is 0.0686. The number of Topliss-reactive ketones (excluding diaryl/α,β-unsaturated/α-hetero) is 1. The standard InChI is InChI=1S/C23H27N3O3S/c1-5-10-30-22-25-20-19(21(28)26-22)17(13-8-6-7-9-16(13)29-4)18-14(24-20)11-23(2,3)12-15(18)27/h6-9,17H,5,10-12H2,1-4H3,(H2,24,25,26,28). The van der Waals surface area contributed by atoms with Crippen molar-refractivity contribution in [3.63, 3.8) is 0 Å². The zero-order valence-electron chi connectivity index (χ0n) is 17.8. The van der Waals surface area contributed by atoms with E-state index in [0.29, 0.717) is 34.3 Å². The SMILES string of the molecule is CCCSc1nc2c(c(=O)[nH]1)C(c1ccccc1OC)C1=C(CC(C)(C)CC1=O)N2. The first-order valence-corrected chi connectivity index (χ1v) is 11.3. The monoisotopic (exact) mass is 425 g/mol. The van der Waals surface area contributed by atoms with Gasteiger partial charge in [0.2, 0.25) is 0 Å². The van der Waals surface area contributed by atoms with Crippen LogP contribution in [0.1, 0.15) is 57.1 Å². The Labute approximate surface area is 180 Å². The summed E-state index contributed by atoms with van der Waals surface area (Å²) in [6.07, 6.45) is 2.16. The molecule has 0 radical (unpaired) electrons. The van der Waals surface area contributed by atoms with Crippen LogP contribution in [-0.2, 0) is 4.79 Å². The molecule has 6 nitrogen and oxygen atoms in total. The van der Waals surface area contributed by atoms with Gasteiger partial charge in [-0.2, -0.15) is 0 Å². The molecule has 0 bridgehead atoms. The molecule has 4 rings (SSSR count). The van der Waals surface area contributed by atoms with Crippen molar-refractivity contribution in [2.24, 2.45) is 5.41 Å². The molecule has 1 aliphatic carbocycles. The Hall–Kier alpha value is -2.54. The number of hydrogen-bond acceptors (Lipinski definition) is 6. The molecule has 2 aromatic rings. The van der Waals surface area contributed by atoms with Gasteiger partial charge in [0, 0.05) is 29.0 Å². The summed E-state index contributed by atoms with van der Waals surface area (Å²) in [5.74, 6) is 1.63. The number of benzene rings is 1. The molecule has 0 saturated heterocycles. The van der Waals surface area contributed by atoms with Gasteiger partial charge in [-0.05, 0) is 24.3 Å². The second-order valence-corrected chi connectivity index (χ2v) is 9.70. The number of rotatable bonds is 5. The van der Waals surface area contributed by atoms with Crippen molar-refractivity contribution in [3.05, 3.63) is 57.0 Å². The second kappa shape index (κ2) is 7.95. The summed E-state index contributed by atoms with van der Waals surface area (Å²) < 4.78 is 5.60. The number of fused-ring (bicyclic) bond motifs is 1. The highest BCUT2D eigenvalue weighted by atomic mass is 32.2. The number of nitrogens with one attached hydrogen (secondary N) is 2. The Balaban J connectivity index is 1.95. The van der Waals surface area contributed by atoms with Crippen LogP contribution < -0.4 is 15.6 Å². The molecule has 1 aromatic carbocycles. The van der Waals surface area contributed by atoms with E-state index in [2.05, 4.69) is 31.1 Å². The molecule has 1 aromatic heterocycles. The van der Waals surface area contributed by atoms with E-state index in [1.807, 2.05) is 24.3 Å². The molecule has 7 heteroatoms. The van der Waals surface area contributed by atoms with Crippen molar-refractivity contribution in [2.75, 3.05) is 18.2 Å². The van der Waals surface area contributed by atoms with E-state index >= 15 is 0 Å². The first-order valence-electron chi connectivity index (χ1n) is 10.3. The van der Waals surface area contributed by atoms with E-state index in [4.69, 9.17) is 9.72 Å². The maximum atomic E-state index is 13.3. The average molecular weight is 426 g/mol. The number of H-pyrrole nitrogens is 1. The number of anilines is 1. The lowest BCUT2D eigenvalue weighted by Crippen LogP contribution is -2.37. The Bertz CT molecular complexity index is 1090. The van der Waals surface area contributed by atoms with Crippen molar-refractivity contribution < 1.29 is 9.53 Å². The van der Waals surface area contributed by atoms with Gasteiger partial charge in [0.1, 0.15) is 11.6 Å². The molecule has 0 saturated carbocycles. The van der Waals surface area contributed by atoms with Crippen LogP contribution in [0.15, 0.2) is 45.5 Å². The van der Waals surface area contributed by atoms with Crippen LogP contribution in [0, 0.1) is 5.41 Å². The lowest BCUT2D eigenvalue weighted by molar-refractivity contribution is -0.118. The molecule has 1 aliphatic heterocycles.